The molecule has 0 unspecified atom stereocenters. The van der Waals surface area contributed by atoms with Gasteiger partial charge in [-0.25, -0.2) is 19.0 Å². The quantitative estimate of drug-likeness (QED) is 0.473. The Morgan fingerprint density at radius 3 is 2.79 bits per heavy atom. The molecule has 0 amide bonds. The Kier molecular flexibility index (Phi) is 5.42. The molecule has 0 aliphatic carbocycles. The number of pyridine rings is 1. The van der Waals surface area contributed by atoms with Gasteiger partial charge in [-0.1, -0.05) is 18.2 Å². The van der Waals surface area contributed by atoms with Gasteiger partial charge in [0, 0.05) is 36.8 Å². The number of aryl methyl sites for hydroxylation is 1. The van der Waals surface area contributed by atoms with Crippen LogP contribution in [-0.2, 0) is 6.42 Å². The minimum Gasteiger partial charge on any atom is -0.370 e. The van der Waals surface area contributed by atoms with Crippen LogP contribution in [0.5, 0.6) is 0 Å². The number of aromatic nitrogens is 5. The zero-order chi connectivity index (χ0) is 20.1. The van der Waals surface area contributed by atoms with Gasteiger partial charge in [0.25, 0.3) is 5.56 Å². The molecule has 0 spiro atoms. The number of halogens is 1. The minimum atomic E-state index is -0.230. The van der Waals surface area contributed by atoms with E-state index in [-0.39, 0.29) is 11.4 Å². The van der Waals surface area contributed by atoms with Crippen molar-refractivity contribution in [3.8, 4) is 16.9 Å². The highest BCUT2D eigenvalue weighted by atomic mass is 19.1. The molecule has 0 fully saturated rings. The normalized spacial score (nSPS) is 10.8. The highest BCUT2D eigenvalue weighted by molar-refractivity contribution is 5.60. The van der Waals surface area contributed by atoms with Crippen molar-refractivity contribution in [1.29, 1.82) is 0 Å². The number of rotatable bonds is 7. The molecule has 4 aromatic rings. The molecule has 0 radical (unpaired) electrons. The SMILES string of the molecule is O=c1c(-c2cccnc2)c[nH]n1-c1cc(NCCCc2ccc(F)cc2)ncn1. The first kappa shape index (κ1) is 18.5. The maximum Gasteiger partial charge on any atom is 0.280 e. The second-order valence-corrected chi connectivity index (χ2v) is 6.49. The van der Waals surface area contributed by atoms with Crippen LogP contribution in [-0.4, -0.2) is 31.3 Å². The summed E-state index contributed by atoms with van der Waals surface area (Å²) >= 11 is 0. The van der Waals surface area contributed by atoms with Crippen LogP contribution < -0.4 is 10.9 Å². The summed E-state index contributed by atoms with van der Waals surface area (Å²) in [5, 5.41) is 6.17. The van der Waals surface area contributed by atoms with E-state index in [0.29, 0.717) is 23.7 Å². The van der Waals surface area contributed by atoms with E-state index in [4.69, 9.17) is 0 Å². The summed E-state index contributed by atoms with van der Waals surface area (Å²) in [5.74, 6) is 0.839. The number of hydrogen-bond acceptors (Lipinski definition) is 5. The summed E-state index contributed by atoms with van der Waals surface area (Å²) in [7, 11) is 0. The largest absolute Gasteiger partial charge is 0.370 e. The lowest BCUT2D eigenvalue weighted by Gasteiger charge is -2.07. The highest BCUT2D eigenvalue weighted by Gasteiger charge is 2.11. The molecule has 2 N–H and O–H groups in total. The number of anilines is 1. The molecule has 3 heterocycles. The molecule has 0 saturated carbocycles. The summed E-state index contributed by atoms with van der Waals surface area (Å²) in [6, 6.07) is 11.8. The van der Waals surface area contributed by atoms with E-state index in [0.717, 1.165) is 24.0 Å². The number of nitrogens with one attached hydrogen (secondary N) is 2. The van der Waals surface area contributed by atoms with E-state index in [1.54, 1.807) is 42.9 Å². The van der Waals surface area contributed by atoms with Gasteiger partial charge >= 0.3 is 0 Å². The van der Waals surface area contributed by atoms with Crippen molar-refractivity contribution >= 4 is 5.82 Å². The summed E-state index contributed by atoms with van der Waals surface area (Å²) in [5.41, 5.74) is 2.13. The zero-order valence-electron chi connectivity index (χ0n) is 15.5. The first-order valence-electron chi connectivity index (χ1n) is 9.22. The average molecular weight is 390 g/mol. The van der Waals surface area contributed by atoms with Gasteiger partial charge in [-0.05, 0) is 36.6 Å². The van der Waals surface area contributed by atoms with Gasteiger partial charge in [0.1, 0.15) is 18.0 Å². The maximum atomic E-state index is 12.9. The fraction of sp³-hybridized carbons (Fsp3) is 0.143. The number of nitrogens with zero attached hydrogens (tertiary/aromatic N) is 4. The molecule has 8 heteroatoms. The Labute approximate surface area is 166 Å². The van der Waals surface area contributed by atoms with Gasteiger partial charge in [-0.2, -0.15) is 0 Å². The monoisotopic (exact) mass is 390 g/mol. The van der Waals surface area contributed by atoms with Crippen LogP contribution in [0.2, 0.25) is 0 Å². The third-order valence-electron chi connectivity index (χ3n) is 4.49. The molecule has 3 aromatic heterocycles. The topological polar surface area (TPSA) is 88.5 Å². The third kappa shape index (κ3) is 4.37. The lowest BCUT2D eigenvalue weighted by molar-refractivity contribution is 0.626. The second kappa shape index (κ2) is 8.47. The van der Waals surface area contributed by atoms with Crippen molar-refractivity contribution in [3.05, 3.63) is 89.1 Å². The lowest BCUT2D eigenvalue weighted by atomic mass is 10.1. The summed E-state index contributed by atoms with van der Waals surface area (Å²) in [6.07, 6.45) is 8.04. The molecule has 7 nitrogen and oxygen atoms in total. The predicted octanol–water partition coefficient (Wildman–Crippen LogP) is 3.20. The van der Waals surface area contributed by atoms with Gasteiger partial charge in [-0.15, -0.1) is 0 Å². The van der Waals surface area contributed by atoms with Crippen molar-refractivity contribution < 1.29 is 4.39 Å². The van der Waals surface area contributed by atoms with Crippen LogP contribution in [0.25, 0.3) is 16.9 Å². The Hall–Kier alpha value is -3.81. The Balaban J connectivity index is 1.42. The van der Waals surface area contributed by atoms with Gasteiger partial charge in [-0.3, -0.25) is 14.9 Å². The van der Waals surface area contributed by atoms with Crippen LogP contribution in [0.3, 0.4) is 0 Å². The molecule has 4 rings (SSSR count). The fourth-order valence-electron chi connectivity index (χ4n) is 3.00. The summed E-state index contributed by atoms with van der Waals surface area (Å²) in [4.78, 5) is 25.2. The van der Waals surface area contributed by atoms with Crippen LogP contribution in [0.4, 0.5) is 10.2 Å². The molecule has 0 bridgehead atoms. The smallest absolute Gasteiger partial charge is 0.280 e. The molecule has 0 saturated heterocycles. The second-order valence-electron chi connectivity index (χ2n) is 6.49. The van der Waals surface area contributed by atoms with Crippen molar-refractivity contribution in [3.63, 3.8) is 0 Å². The molecular weight excluding hydrogens is 371 g/mol. The molecule has 146 valence electrons. The molecule has 1 aromatic carbocycles. The van der Waals surface area contributed by atoms with Crippen LogP contribution in [0, 0.1) is 5.82 Å². The third-order valence-corrected chi connectivity index (χ3v) is 4.49. The number of H-pyrrole nitrogens is 1. The van der Waals surface area contributed by atoms with E-state index >= 15 is 0 Å². The number of hydrogen-bond donors (Lipinski definition) is 2. The van der Waals surface area contributed by atoms with Gasteiger partial charge < -0.3 is 5.32 Å². The molecule has 29 heavy (non-hydrogen) atoms. The molecule has 0 atom stereocenters. The van der Waals surface area contributed by atoms with Gasteiger partial charge in [0.2, 0.25) is 0 Å². The Morgan fingerprint density at radius 1 is 1.14 bits per heavy atom. The van der Waals surface area contributed by atoms with Gasteiger partial charge in [0.15, 0.2) is 5.82 Å². The first-order valence-corrected chi connectivity index (χ1v) is 9.22. The van der Waals surface area contributed by atoms with Crippen molar-refractivity contribution in [1.82, 2.24) is 24.7 Å². The first-order chi connectivity index (χ1) is 14.2. The Bertz CT molecular complexity index is 1140. The van der Waals surface area contributed by atoms with E-state index in [1.807, 2.05) is 6.07 Å². The Morgan fingerprint density at radius 2 is 2.00 bits per heavy atom. The van der Waals surface area contributed by atoms with Crippen LogP contribution >= 0.6 is 0 Å². The van der Waals surface area contributed by atoms with E-state index < -0.39 is 0 Å². The average Bonchev–Trinajstić information content (AvgIpc) is 3.15. The van der Waals surface area contributed by atoms with E-state index in [9.17, 15) is 9.18 Å². The van der Waals surface area contributed by atoms with Gasteiger partial charge in [0.05, 0.1) is 5.56 Å². The summed E-state index contributed by atoms with van der Waals surface area (Å²) < 4.78 is 14.3. The van der Waals surface area contributed by atoms with E-state index in [1.165, 1.54) is 23.1 Å². The number of benzene rings is 1. The lowest BCUT2D eigenvalue weighted by Crippen LogP contribution is -2.17. The van der Waals surface area contributed by atoms with Crippen LogP contribution in [0.15, 0.2) is 72.2 Å². The molecule has 0 aliphatic heterocycles. The van der Waals surface area contributed by atoms with Crippen molar-refractivity contribution in [2.24, 2.45) is 0 Å². The van der Waals surface area contributed by atoms with E-state index in [2.05, 4.69) is 25.4 Å². The maximum absolute atomic E-state index is 12.9. The van der Waals surface area contributed by atoms with Crippen molar-refractivity contribution in [2.75, 3.05) is 11.9 Å². The van der Waals surface area contributed by atoms with Crippen LogP contribution in [0.1, 0.15) is 12.0 Å². The fourth-order valence-corrected chi connectivity index (χ4v) is 3.00. The standard InChI is InChI=1S/C21H19FN6O/c22-17-7-5-15(6-8-17)3-1-10-24-19-11-20(26-14-25-19)28-21(29)18(13-27-28)16-4-2-9-23-12-16/h2,4-9,11-14,27H,1,3,10H2,(H,24,25,26). The minimum absolute atomic E-state index is 0.209. The highest BCUT2D eigenvalue weighted by Crippen LogP contribution is 2.14. The molecular formula is C21H19FN6O. The van der Waals surface area contributed by atoms with Crippen molar-refractivity contribution in [2.45, 2.75) is 12.8 Å². The summed E-state index contributed by atoms with van der Waals surface area (Å²) in [6.45, 7) is 0.689. The number of aromatic amines is 1. The zero-order valence-corrected chi connectivity index (χ0v) is 15.5. The molecule has 0 aliphatic rings. The predicted molar refractivity (Wildman–Crippen MR) is 108 cm³/mol.